The average Bonchev–Trinajstić information content (AvgIpc) is 2.45. The number of amides is 1. The second-order valence-electron chi connectivity index (χ2n) is 2.79. The molecule has 3 heteroatoms. The van der Waals surface area contributed by atoms with Crippen molar-refractivity contribution in [2.45, 2.75) is 41.5 Å². The van der Waals surface area contributed by atoms with Gasteiger partial charge in [-0.1, -0.05) is 53.7 Å². The molecule has 0 fully saturated rings. The number of anilines is 1. The van der Waals surface area contributed by atoms with Gasteiger partial charge in [-0.2, -0.15) is 0 Å². The Morgan fingerprint density at radius 1 is 0.944 bits per heavy atom. The van der Waals surface area contributed by atoms with Crippen LogP contribution in [0, 0.1) is 0 Å². The molecule has 0 aromatic heterocycles. The minimum absolute atomic E-state index is 0.0619. The van der Waals surface area contributed by atoms with Crippen LogP contribution in [0.25, 0.3) is 0 Å². The molecule has 1 aromatic carbocycles. The van der Waals surface area contributed by atoms with Crippen LogP contribution in [0.5, 0.6) is 0 Å². The van der Waals surface area contributed by atoms with Crippen molar-refractivity contribution in [3.05, 3.63) is 29.8 Å². The first-order valence-electron chi connectivity index (χ1n) is 6.69. The molecule has 0 aliphatic carbocycles. The van der Waals surface area contributed by atoms with E-state index in [9.17, 15) is 4.79 Å². The second kappa shape index (κ2) is 15.5. The summed E-state index contributed by atoms with van der Waals surface area (Å²) in [6, 6.07) is 7.04. The van der Waals surface area contributed by atoms with E-state index in [-0.39, 0.29) is 5.91 Å². The Morgan fingerprint density at radius 3 is 1.67 bits per heavy atom. The minimum atomic E-state index is -0.0619. The summed E-state index contributed by atoms with van der Waals surface area (Å²) in [5.74, 6) is -0.0619. The lowest BCUT2D eigenvalue weighted by Crippen LogP contribution is -2.22. The Bertz CT molecular complexity index is 296. The maximum absolute atomic E-state index is 11.4. The second-order valence-corrected chi connectivity index (χ2v) is 2.79. The number of hydrogen-bond acceptors (Lipinski definition) is 2. The molecule has 2 N–H and O–H groups in total. The van der Waals surface area contributed by atoms with Crippen molar-refractivity contribution in [3.63, 3.8) is 0 Å². The Morgan fingerprint density at radius 2 is 1.33 bits per heavy atom. The first kappa shape index (κ1) is 21.7. The summed E-state index contributed by atoms with van der Waals surface area (Å²) in [6.07, 6.45) is 0. The molecule has 0 saturated heterocycles. The van der Waals surface area contributed by atoms with E-state index in [4.69, 9.17) is 5.73 Å². The number of carbonyl (C=O) groups excluding carboxylic acids is 1. The first-order valence-corrected chi connectivity index (χ1v) is 6.69. The third-order valence-electron chi connectivity index (χ3n) is 1.60. The van der Waals surface area contributed by atoms with E-state index >= 15 is 0 Å². The Balaban J connectivity index is -0.000000328. The minimum Gasteiger partial charge on any atom is -0.398 e. The fourth-order valence-electron chi connectivity index (χ4n) is 0.933. The van der Waals surface area contributed by atoms with Gasteiger partial charge in [0.1, 0.15) is 0 Å². The highest BCUT2D eigenvalue weighted by atomic mass is 16.2. The van der Waals surface area contributed by atoms with Crippen LogP contribution in [-0.2, 0) is 0 Å². The maximum atomic E-state index is 11.4. The normalized spacial score (nSPS) is 7.33. The van der Waals surface area contributed by atoms with Crippen LogP contribution in [0.2, 0.25) is 0 Å². The van der Waals surface area contributed by atoms with E-state index in [0.717, 1.165) is 0 Å². The van der Waals surface area contributed by atoms with Crippen molar-refractivity contribution in [3.8, 4) is 0 Å². The summed E-state index contributed by atoms with van der Waals surface area (Å²) in [5.41, 5.74) is 6.69. The van der Waals surface area contributed by atoms with Gasteiger partial charge in [0, 0.05) is 19.8 Å². The number of benzene rings is 1. The third kappa shape index (κ3) is 8.62. The van der Waals surface area contributed by atoms with Crippen molar-refractivity contribution in [2.75, 3.05) is 19.8 Å². The zero-order chi connectivity index (χ0) is 15.1. The van der Waals surface area contributed by atoms with E-state index in [1.54, 1.807) is 32.3 Å². The highest BCUT2D eigenvalue weighted by molar-refractivity contribution is 5.98. The summed E-state index contributed by atoms with van der Waals surface area (Å²) < 4.78 is 0. The Kier molecular flexibility index (Phi) is 18.7. The number of nitrogens with zero attached hydrogens (tertiary/aromatic N) is 1. The average molecular weight is 254 g/mol. The van der Waals surface area contributed by atoms with Crippen molar-refractivity contribution in [2.24, 2.45) is 0 Å². The van der Waals surface area contributed by atoms with Gasteiger partial charge >= 0.3 is 0 Å². The molecule has 1 aromatic rings. The van der Waals surface area contributed by atoms with E-state index in [1.807, 2.05) is 47.6 Å². The van der Waals surface area contributed by atoms with Gasteiger partial charge in [-0.05, 0) is 12.1 Å². The first-order chi connectivity index (χ1) is 8.63. The number of hydrogen-bond donors (Lipinski definition) is 1. The van der Waals surface area contributed by atoms with Gasteiger partial charge in [-0.3, -0.25) is 4.79 Å². The molecule has 0 aliphatic heterocycles. The van der Waals surface area contributed by atoms with Crippen LogP contribution >= 0.6 is 0 Å². The van der Waals surface area contributed by atoms with Crippen LogP contribution in [0.1, 0.15) is 51.9 Å². The smallest absolute Gasteiger partial charge is 0.255 e. The van der Waals surface area contributed by atoms with Crippen LogP contribution < -0.4 is 5.73 Å². The lowest BCUT2D eigenvalue weighted by Gasteiger charge is -2.11. The summed E-state index contributed by atoms with van der Waals surface area (Å²) in [5, 5.41) is 0. The monoisotopic (exact) mass is 254 g/mol. The fraction of sp³-hybridized carbons (Fsp3) is 0.533. The van der Waals surface area contributed by atoms with Gasteiger partial charge in [0.2, 0.25) is 0 Å². The van der Waals surface area contributed by atoms with E-state index in [0.29, 0.717) is 11.3 Å². The van der Waals surface area contributed by atoms with E-state index in [1.165, 1.54) is 4.90 Å². The predicted octanol–water partition coefficient (Wildman–Crippen LogP) is 4.05. The molecule has 1 rings (SSSR count). The third-order valence-corrected chi connectivity index (χ3v) is 1.60. The lowest BCUT2D eigenvalue weighted by atomic mass is 10.1. The van der Waals surface area contributed by atoms with Crippen LogP contribution in [0.4, 0.5) is 5.69 Å². The lowest BCUT2D eigenvalue weighted by molar-refractivity contribution is 0.0828. The Labute approximate surface area is 113 Å². The molecule has 0 aliphatic rings. The van der Waals surface area contributed by atoms with E-state index in [2.05, 4.69) is 0 Å². The zero-order valence-corrected chi connectivity index (χ0v) is 13.2. The molecule has 3 nitrogen and oxygen atoms in total. The SMILES string of the molecule is CC.CC.CC.CN(C)C(=O)c1ccccc1N. The molecule has 1 amide bonds. The molecule has 0 radical (unpaired) electrons. The maximum Gasteiger partial charge on any atom is 0.255 e. The summed E-state index contributed by atoms with van der Waals surface area (Å²) in [7, 11) is 3.41. The van der Waals surface area contributed by atoms with Gasteiger partial charge in [-0.15, -0.1) is 0 Å². The zero-order valence-electron chi connectivity index (χ0n) is 13.2. The summed E-state index contributed by atoms with van der Waals surface area (Å²) >= 11 is 0. The molecular weight excluding hydrogens is 224 g/mol. The van der Waals surface area contributed by atoms with Crippen molar-refractivity contribution >= 4 is 11.6 Å². The van der Waals surface area contributed by atoms with Crippen LogP contribution in [0.15, 0.2) is 24.3 Å². The van der Waals surface area contributed by atoms with Crippen molar-refractivity contribution < 1.29 is 4.79 Å². The highest BCUT2D eigenvalue weighted by Gasteiger charge is 2.09. The number of carbonyl (C=O) groups is 1. The predicted molar refractivity (Wildman–Crippen MR) is 82.9 cm³/mol. The number of para-hydroxylation sites is 1. The van der Waals surface area contributed by atoms with Crippen molar-refractivity contribution in [1.82, 2.24) is 4.90 Å². The van der Waals surface area contributed by atoms with Gasteiger partial charge in [0.25, 0.3) is 5.91 Å². The van der Waals surface area contributed by atoms with Crippen LogP contribution in [0.3, 0.4) is 0 Å². The molecular formula is C15H30N2O. The quantitative estimate of drug-likeness (QED) is 0.768. The summed E-state index contributed by atoms with van der Waals surface area (Å²) in [4.78, 5) is 12.9. The molecule has 0 spiro atoms. The topological polar surface area (TPSA) is 46.3 Å². The molecule has 0 unspecified atom stereocenters. The van der Waals surface area contributed by atoms with Crippen molar-refractivity contribution in [1.29, 1.82) is 0 Å². The molecule has 0 saturated carbocycles. The molecule has 0 atom stereocenters. The molecule has 106 valence electrons. The standard InChI is InChI=1S/C9H12N2O.3C2H6/c1-11(2)9(12)7-5-3-4-6-8(7)10;3*1-2/h3-6H,10H2,1-2H3;3*1-2H3. The molecule has 0 bridgehead atoms. The van der Waals surface area contributed by atoms with Crippen LogP contribution in [-0.4, -0.2) is 24.9 Å². The molecule has 18 heavy (non-hydrogen) atoms. The number of nitrogens with two attached hydrogens (primary N) is 1. The summed E-state index contributed by atoms with van der Waals surface area (Å²) in [6.45, 7) is 12.0. The largest absolute Gasteiger partial charge is 0.398 e. The van der Waals surface area contributed by atoms with Gasteiger partial charge in [0.15, 0.2) is 0 Å². The Hall–Kier alpha value is -1.51. The molecule has 0 heterocycles. The number of nitrogen functional groups attached to an aromatic ring is 1. The fourth-order valence-corrected chi connectivity index (χ4v) is 0.933. The number of rotatable bonds is 1. The highest BCUT2D eigenvalue weighted by Crippen LogP contribution is 2.11. The van der Waals surface area contributed by atoms with Gasteiger partial charge < -0.3 is 10.6 Å². The van der Waals surface area contributed by atoms with E-state index < -0.39 is 0 Å². The van der Waals surface area contributed by atoms with Gasteiger partial charge in [0.05, 0.1) is 5.56 Å². The van der Waals surface area contributed by atoms with Gasteiger partial charge in [-0.25, -0.2) is 0 Å².